The molecule has 5 nitrogen and oxygen atoms in total. The van der Waals surface area contributed by atoms with Gasteiger partial charge in [-0.2, -0.15) is 0 Å². The van der Waals surface area contributed by atoms with Crippen LogP contribution in [0.15, 0.2) is 109 Å². The van der Waals surface area contributed by atoms with Crippen LogP contribution < -0.4 is 15.4 Å². The summed E-state index contributed by atoms with van der Waals surface area (Å²) in [6, 6.07) is 33.7. The molecule has 5 heteroatoms. The highest BCUT2D eigenvalue weighted by atomic mass is 16.5. The van der Waals surface area contributed by atoms with Crippen molar-refractivity contribution in [3.63, 3.8) is 0 Å². The second kappa shape index (κ2) is 11.0. The quantitative estimate of drug-likeness (QED) is 0.282. The van der Waals surface area contributed by atoms with E-state index in [1.165, 1.54) is 0 Å². The summed E-state index contributed by atoms with van der Waals surface area (Å²) >= 11 is 0. The lowest BCUT2D eigenvalue weighted by Gasteiger charge is -2.22. The molecule has 0 bridgehead atoms. The molecule has 0 aromatic heterocycles. The molecule has 0 spiro atoms. The van der Waals surface area contributed by atoms with Crippen molar-refractivity contribution in [2.24, 2.45) is 0 Å². The number of anilines is 2. The van der Waals surface area contributed by atoms with E-state index in [2.05, 4.69) is 10.6 Å². The molecule has 4 aromatic carbocycles. The van der Waals surface area contributed by atoms with Crippen LogP contribution >= 0.6 is 0 Å². The summed E-state index contributed by atoms with van der Waals surface area (Å²) in [5.41, 5.74) is 3.57. The summed E-state index contributed by atoms with van der Waals surface area (Å²) in [5, 5.41) is 5.57. The number of benzene rings is 4. The van der Waals surface area contributed by atoms with Gasteiger partial charge in [0.15, 0.2) is 5.78 Å². The molecular formula is C29H26N2O3. The minimum absolute atomic E-state index is 0.0676. The van der Waals surface area contributed by atoms with Crippen molar-refractivity contribution in [3.8, 4) is 5.75 Å². The molecule has 0 saturated carbocycles. The maximum Gasteiger partial charge on any atom is 0.323 e. The van der Waals surface area contributed by atoms with Gasteiger partial charge in [-0.3, -0.25) is 4.79 Å². The Kier molecular flexibility index (Phi) is 7.35. The van der Waals surface area contributed by atoms with Crippen LogP contribution in [0.2, 0.25) is 0 Å². The van der Waals surface area contributed by atoms with E-state index < -0.39 is 0 Å². The summed E-state index contributed by atoms with van der Waals surface area (Å²) in [6.07, 6.45) is -0.0665. The highest BCUT2D eigenvalue weighted by Crippen LogP contribution is 2.32. The van der Waals surface area contributed by atoms with E-state index in [-0.39, 0.29) is 17.9 Å². The number of carbonyl (C=O) groups is 2. The van der Waals surface area contributed by atoms with Crippen molar-refractivity contribution >= 4 is 23.2 Å². The summed E-state index contributed by atoms with van der Waals surface area (Å²) in [5.74, 6) is 0.403. The Morgan fingerprint density at radius 3 is 1.79 bits per heavy atom. The molecule has 0 aliphatic heterocycles. The number of amides is 2. The average Bonchev–Trinajstić information content (AvgIpc) is 2.89. The van der Waals surface area contributed by atoms with Gasteiger partial charge in [0.05, 0.1) is 5.56 Å². The zero-order valence-electron chi connectivity index (χ0n) is 18.9. The number of urea groups is 1. The number of para-hydroxylation sites is 1. The molecule has 0 unspecified atom stereocenters. The van der Waals surface area contributed by atoms with Crippen LogP contribution in [0.5, 0.6) is 5.75 Å². The summed E-state index contributed by atoms with van der Waals surface area (Å²) in [6.45, 7) is 1.81. The SMILES string of the molecule is CCC(=O)c1cc(NC(=O)Nc2ccccc2)ccc1OC(c1ccccc1)c1ccccc1. The third-order valence-electron chi connectivity index (χ3n) is 5.34. The van der Waals surface area contributed by atoms with E-state index in [4.69, 9.17) is 4.74 Å². The Morgan fingerprint density at radius 2 is 1.24 bits per heavy atom. The fraction of sp³-hybridized carbons (Fsp3) is 0.103. The Bertz CT molecular complexity index is 1200. The minimum Gasteiger partial charge on any atom is -0.480 e. The minimum atomic E-state index is -0.388. The van der Waals surface area contributed by atoms with Crippen LogP contribution in [0.25, 0.3) is 0 Å². The maximum atomic E-state index is 12.8. The fourth-order valence-electron chi connectivity index (χ4n) is 3.64. The lowest BCUT2D eigenvalue weighted by atomic mass is 10.0. The van der Waals surface area contributed by atoms with Crippen LogP contribution in [0.4, 0.5) is 16.2 Å². The van der Waals surface area contributed by atoms with E-state index >= 15 is 0 Å². The molecule has 0 aliphatic rings. The van der Waals surface area contributed by atoms with Gasteiger partial charge < -0.3 is 15.4 Å². The first-order valence-corrected chi connectivity index (χ1v) is 11.2. The monoisotopic (exact) mass is 450 g/mol. The molecule has 0 heterocycles. The van der Waals surface area contributed by atoms with Crippen molar-refractivity contribution in [3.05, 3.63) is 126 Å². The number of carbonyl (C=O) groups excluding carboxylic acids is 2. The standard InChI is InChI=1S/C29H26N2O3/c1-2-26(32)25-20-24(31-29(33)30-23-16-10-5-11-17-23)18-19-27(25)34-28(21-12-6-3-7-13-21)22-14-8-4-9-15-22/h3-20,28H,2H2,1H3,(H2,30,31,33). The molecule has 4 rings (SSSR count). The molecule has 0 fully saturated rings. The van der Waals surface area contributed by atoms with E-state index in [9.17, 15) is 9.59 Å². The number of hydrogen-bond acceptors (Lipinski definition) is 3. The van der Waals surface area contributed by atoms with Gasteiger partial charge in [0.2, 0.25) is 0 Å². The molecule has 0 radical (unpaired) electrons. The molecule has 0 aliphatic carbocycles. The molecule has 4 aromatic rings. The van der Waals surface area contributed by atoms with E-state index in [0.717, 1.165) is 11.1 Å². The van der Waals surface area contributed by atoms with Gasteiger partial charge in [0.25, 0.3) is 0 Å². The van der Waals surface area contributed by atoms with Crippen molar-refractivity contribution in [2.75, 3.05) is 10.6 Å². The molecular weight excluding hydrogens is 424 g/mol. The second-order valence-corrected chi connectivity index (χ2v) is 7.75. The maximum absolute atomic E-state index is 12.8. The van der Waals surface area contributed by atoms with Gasteiger partial charge in [0.1, 0.15) is 11.9 Å². The summed E-state index contributed by atoms with van der Waals surface area (Å²) < 4.78 is 6.45. The molecule has 170 valence electrons. The van der Waals surface area contributed by atoms with Crippen molar-refractivity contribution in [2.45, 2.75) is 19.4 Å². The first-order chi connectivity index (χ1) is 16.6. The Morgan fingerprint density at radius 1 is 0.706 bits per heavy atom. The van der Waals surface area contributed by atoms with Gasteiger partial charge >= 0.3 is 6.03 Å². The first-order valence-electron chi connectivity index (χ1n) is 11.2. The molecule has 2 amide bonds. The average molecular weight is 451 g/mol. The fourth-order valence-corrected chi connectivity index (χ4v) is 3.64. The van der Waals surface area contributed by atoms with E-state index in [0.29, 0.717) is 29.1 Å². The largest absolute Gasteiger partial charge is 0.480 e. The van der Waals surface area contributed by atoms with Crippen LogP contribution in [0.1, 0.15) is 40.9 Å². The topological polar surface area (TPSA) is 67.4 Å². The van der Waals surface area contributed by atoms with Gasteiger partial charge in [-0.05, 0) is 41.5 Å². The highest BCUT2D eigenvalue weighted by Gasteiger charge is 2.20. The number of ketones is 1. The zero-order chi connectivity index (χ0) is 23.8. The molecule has 0 atom stereocenters. The van der Waals surface area contributed by atoms with Crippen LogP contribution in [0, 0.1) is 0 Å². The van der Waals surface area contributed by atoms with Gasteiger partial charge in [0, 0.05) is 17.8 Å². The number of rotatable bonds is 8. The van der Waals surface area contributed by atoms with Crippen LogP contribution in [-0.4, -0.2) is 11.8 Å². The number of Topliss-reactive ketones (excluding diaryl/α,β-unsaturated/α-hetero) is 1. The van der Waals surface area contributed by atoms with Gasteiger partial charge in [-0.15, -0.1) is 0 Å². The number of ether oxygens (including phenoxy) is 1. The van der Waals surface area contributed by atoms with Crippen molar-refractivity contribution in [1.82, 2.24) is 0 Å². The third-order valence-corrected chi connectivity index (χ3v) is 5.34. The number of nitrogens with one attached hydrogen (secondary N) is 2. The van der Waals surface area contributed by atoms with Crippen molar-refractivity contribution < 1.29 is 14.3 Å². The predicted octanol–water partition coefficient (Wildman–Crippen LogP) is 7.09. The van der Waals surface area contributed by atoms with Gasteiger partial charge in [-0.1, -0.05) is 85.8 Å². The molecule has 34 heavy (non-hydrogen) atoms. The van der Waals surface area contributed by atoms with Crippen molar-refractivity contribution in [1.29, 1.82) is 0 Å². The van der Waals surface area contributed by atoms with Gasteiger partial charge in [-0.25, -0.2) is 4.79 Å². The van der Waals surface area contributed by atoms with Crippen LogP contribution in [-0.2, 0) is 0 Å². The summed E-state index contributed by atoms with van der Waals surface area (Å²) in [7, 11) is 0. The Balaban J connectivity index is 1.61. The summed E-state index contributed by atoms with van der Waals surface area (Å²) in [4.78, 5) is 25.2. The number of hydrogen-bond donors (Lipinski definition) is 2. The Labute approximate surface area is 199 Å². The highest BCUT2D eigenvalue weighted by molar-refractivity contribution is 6.03. The van der Waals surface area contributed by atoms with Crippen LogP contribution in [0.3, 0.4) is 0 Å². The smallest absolute Gasteiger partial charge is 0.323 e. The van der Waals surface area contributed by atoms with E-state index in [1.807, 2.05) is 78.9 Å². The lowest BCUT2D eigenvalue weighted by Crippen LogP contribution is -2.19. The Hall–Kier alpha value is -4.38. The predicted molar refractivity (Wildman–Crippen MR) is 136 cm³/mol. The van der Waals surface area contributed by atoms with E-state index in [1.54, 1.807) is 37.3 Å². The second-order valence-electron chi connectivity index (χ2n) is 7.75. The first kappa shape index (κ1) is 22.8. The molecule has 0 saturated heterocycles. The normalized spacial score (nSPS) is 10.5. The lowest BCUT2D eigenvalue weighted by molar-refractivity contribution is 0.0982. The zero-order valence-corrected chi connectivity index (χ0v) is 18.9. The molecule has 2 N–H and O–H groups in total. The third kappa shape index (κ3) is 5.70.